The molecule has 1 atom stereocenters. The molecule has 1 aliphatic carbocycles. The topological polar surface area (TPSA) is 29.5 Å². The SMILES string of the molecule is CC(C)(C)OC(=O)N1CCC2(C=C(c3ccc(F)cc3)C2)C1. The van der Waals surface area contributed by atoms with E-state index >= 15 is 0 Å². The van der Waals surface area contributed by atoms with Crippen molar-refractivity contribution in [2.45, 2.75) is 39.2 Å². The van der Waals surface area contributed by atoms with Gasteiger partial charge in [0.1, 0.15) is 11.4 Å². The zero-order valence-corrected chi connectivity index (χ0v) is 13.4. The fourth-order valence-electron chi connectivity index (χ4n) is 3.21. The first-order chi connectivity index (χ1) is 10.3. The van der Waals surface area contributed by atoms with Crippen LogP contribution < -0.4 is 0 Å². The van der Waals surface area contributed by atoms with Crippen molar-refractivity contribution in [3.05, 3.63) is 41.7 Å². The molecule has 4 heteroatoms. The average Bonchev–Trinajstić information content (AvgIpc) is 2.81. The zero-order valence-electron chi connectivity index (χ0n) is 13.4. The van der Waals surface area contributed by atoms with E-state index < -0.39 is 5.60 Å². The summed E-state index contributed by atoms with van der Waals surface area (Å²) in [6.07, 6.45) is 3.92. The molecule has 3 rings (SSSR count). The molecule has 1 aliphatic heterocycles. The van der Waals surface area contributed by atoms with E-state index in [9.17, 15) is 9.18 Å². The van der Waals surface area contributed by atoms with E-state index in [1.165, 1.54) is 17.7 Å². The van der Waals surface area contributed by atoms with Crippen LogP contribution in [0.3, 0.4) is 0 Å². The number of likely N-dealkylation sites (tertiary alicyclic amines) is 1. The molecule has 1 heterocycles. The Bertz CT molecular complexity index is 615. The zero-order chi connectivity index (χ0) is 16.0. The van der Waals surface area contributed by atoms with Gasteiger partial charge in [0.2, 0.25) is 0 Å². The average molecular weight is 303 g/mol. The number of benzene rings is 1. The number of rotatable bonds is 1. The first-order valence-electron chi connectivity index (χ1n) is 7.72. The normalized spacial score (nSPS) is 24.2. The van der Waals surface area contributed by atoms with Gasteiger partial charge in [0.05, 0.1) is 0 Å². The van der Waals surface area contributed by atoms with Crippen molar-refractivity contribution in [3.63, 3.8) is 0 Å². The van der Waals surface area contributed by atoms with Crippen molar-refractivity contribution in [2.24, 2.45) is 5.41 Å². The highest BCUT2D eigenvalue weighted by atomic mass is 19.1. The van der Waals surface area contributed by atoms with Gasteiger partial charge in [-0.15, -0.1) is 0 Å². The second-order valence-corrected chi connectivity index (χ2v) is 7.37. The van der Waals surface area contributed by atoms with Crippen LogP contribution in [0.4, 0.5) is 9.18 Å². The molecule has 0 aromatic heterocycles. The van der Waals surface area contributed by atoms with Crippen LogP contribution in [0.2, 0.25) is 0 Å². The molecule has 0 saturated carbocycles. The third-order valence-corrected chi connectivity index (χ3v) is 4.28. The molecule has 1 fully saturated rings. The summed E-state index contributed by atoms with van der Waals surface area (Å²) in [6, 6.07) is 6.61. The second-order valence-electron chi connectivity index (χ2n) is 7.37. The van der Waals surface area contributed by atoms with E-state index in [0.717, 1.165) is 24.9 Å². The molecule has 1 aromatic rings. The van der Waals surface area contributed by atoms with Crippen LogP contribution in [0.5, 0.6) is 0 Å². The number of allylic oxidation sites excluding steroid dienone is 1. The quantitative estimate of drug-likeness (QED) is 0.776. The summed E-state index contributed by atoms with van der Waals surface area (Å²) in [5.74, 6) is -0.213. The summed E-state index contributed by atoms with van der Waals surface area (Å²) in [5, 5.41) is 0. The largest absolute Gasteiger partial charge is 0.444 e. The third kappa shape index (κ3) is 3.01. The molecule has 1 unspecified atom stereocenters. The Balaban J connectivity index is 1.64. The van der Waals surface area contributed by atoms with Crippen LogP contribution >= 0.6 is 0 Å². The van der Waals surface area contributed by atoms with Crippen LogP contribution in [-0.2, 0) is 4.74 Å². The minimum absolute atomic E-state index is 0.0840. The maximum atomic E-state index is 13.0. The van der Waals surface area contributed by atoms with Crippen LogP contribution in [0, 0.1) is 11.2 Å². The summed E-state index contributed by atoms with van der Waals surface area (Å²) < 4.78 is 18.4. The number of ether oxygens (including phenoxy) is 1. The van der Waals surface area contributed by atoms with Gasteiger partial charge in [0.25, 0.3) is 0 Å². The number of nitrogens with zero attached hydrogens (tertiary/aromatic N) is 1. The number of carbonyl (C=O) groups is 1. The number of hydrogen-bond donors (Lipinski definition) is 0. The van der Waals surface area contributed by atoms with Crippen molar-refractivity contribution >= 4 is 11.7 Å². The summed E-state index contributed by atoms with van der Waals surface area (Å²) in [4.78, 5) is 13.9. The molecule has 1 aromatic carbocycles. The molecular weight excluding hydrogens is 281 g/mol. The van der Waals surface area contributed by atoms with E-state index in [-0.39, 0.29) is 17.3 Å². The Morgan fingerprint density at radius 3 is 2.50 bits per heavy atom. The number of halogens is 1. The Morgan fingerprint density at radius 1 is 1.27 bits per heavy atom. The second kappa shape index (κ2) is 5.11. The number of amides is 1. The van der Waals surface area contributed by atoms with Gasteiger partial charge in [-0.25, -0.2) is 9.18 Å². The van der Waals surface area contributed by atoms with Gasteiger partial charge in [0.15, 0.2) is 0 Å². The van der Waals surface area contributed by atoms with E-state index in [2.05, 4.69) is 6.08 Å². The number of hydrogen-bond acceptors (Lipinski definition) is 2. The smallest absolute Gasteiger partial charge is 0.410 e. The van der Waals surface area contributed by atoms with Gasteiger partial charge >= 0.3 is 6.09 Å². The van der Waals surface area contributed by atoms with Crippen molar-refractivity contribution in [3.8, 4) is 0 Å². The van der Waals surface area contributed by atoms with Gasteiger partial charge < -0.3 is 9.64 Å². The lowest BCUT2D eigenvalue weighted by molar-refractivity contribution is 0.0279. The fraction of sp³-hybridized carbons (Fsp3) is 0.500. The highest BCUT2D eigenvalue weighted by molar-refractivity contribution is 5.74. The van der Waals surface area contributed by atoms with Crippen LogP contribution in [0.25, 0.3) is 5.57 Å². The van der Waals surface area contributed by atoms with E-state index in [1.807, 2.05) is 32.9 Å². The summed E-state index contributed by atoms with van der Waals surface area (Å²) >= 11 is 0. The van der Waals surface area contributed by atoms with E-state index in [1.54, 1.807) is 4.90 Å². The molecule has 1 amide bonds. The Kier molecular flexibility index (Phi) is 3.50. The lowest BCUT2D eigenvalue weighted by atomic mass is 9.68. The first kappa shape index (κ1) is 15.1. The van der Waals surface area contributed by atoms with Crippen molar-refractivity contribution in [1.82, 2.24) is 4.90 Å². The predicted molar refractivity (Wildman–Crippen MR) is 83.9 cm³/mol. The van der Waals surface area contributed by atoms with Crippen molar-refractivity contribution in [2.75, 3.05) is 13.1 Å². The van der Waals surface area contributed by atoms with Gasteiger partial charge in [0, 0.05) is 18.5 Å². The lowest BCUT2D eigenvalue weighted by Crippen LogP contribution is -2.38. The molecule has 0 N–H and O–H groups in total. The third-order valence-electron chi connectivity index (χ3n) is 4.28. The lowest BCUT2D eigenvalue weighted by Gasteiger charge is -2.36. The minimum atomic E-state index is -0.457. The van der Waals surface area contributed by atoms with Gasteiger partial charge in [-0.1, -0.05) is 18.2 Å². The highest BCUT2D eigenvalue weighted by Crippen LogP contribution is 2.50. The summed E-state index contributed by atoms with van der Waals surface area (Å²) in [7, 11) is 0. The molecule has 2 aliphatic rings. The van der Waals surface area contributed by atoms with E-state index in [0.29, 0.717) is 6.54 Å². The Hall–Kier alpha value is -1.84. The maximum absolute atomic E-state index is 13.0. The molecule has 1 saturated heterocycles. The molecular formula is C18H22FNO2. The standard InChI is InChI=1S/C18H22FNO2/c1-17(2,3)22-16(21)20-9-8-18(12-20)10-14(11-18)13-4-6-15(19)7-5-13/h4-7,10H,8-9,11-12H2,1-3H3. The summed E-state index contributed by atoms with van der Waals surface area (Å²) in [5.41, 5.74) is 1.94. The van der Waals surface area contributed by atoms with Crippen LogP contribution in [0.1, 0.15) is 39.2 Å². The Labute approximate surface area is 130 Å². The van der Waals surface area contributed by atoms with Crippen molar-refractivity contribution < 1.29 is 13.9 Å². The summed E-state index contributed by atoms with van der Waals surface area (Å²) in [6.45, 7) is 7.10. The van der Waals surface area contributed by atoms with Crippen molar-refractivity contribution in [1.29, 1.82) is 0 Å². The predicted octanol–water partition coefficient (Wildman–Crippen LogP) is 4.24. The van der Waals surface area contributed by atoms with Gasteiger partial charge in [-0.2, -0.15) is 0 Å². The number of carbonyl (C=O) groups excluding carboxylic acids is 1. The highest BCUT2D eigenvalue weighted by Gasteiger charge is 2.45. The molecule has 1 spiro atoms. The molecule has 0 bridgehead atoms. The molecule has 22 heavy (non-hydrogen) atoms. The molecule has 3 nitrogen and oxygen atoms in total. The van der Waals surface area contributed by atoms with Crippen LogP contribution in [0.15, 0.2) is 30.3 Å². The molecule has 0 radical (unpaired) electrons. The van der Waals surface area contributed by atoms with E-state index in [4.69, 9.17) is 4.74 Å². The monoisotopic (exact) mass is 303 g/mol. The minimum Gasteiger partial charge on any atom is -0.444 e. The first-order valence-corrected chi connectivity index (χ1v) is 7.72. The fourth-order valence-corrected chi connectivity index (χ4v) is 3.21. The maximum Gasteiger partial charge on any atom is 0.410 e. The molecule has 118 valence electrons. The van der Waals surface area contributed by atoms with Gasteiger partial charge in [-0.05, 0) is 56.9 Å². The van der Waals surface area contributed by atoms with Gasteiger partial charge in [-0.3, -0.25) is 0 Å². The van der Waals surface area contributed by atoms with Crippen LogP contribution in [-0.4, -0.2) is 29.7 Å². The Morgan fingerprint density at radius 2 is 1.91 bits per heavy atom.